The van der Waals surface area contributed by atoms with Gasteiger partial charge in [0.25, 0.3) is 0 Å². The molecule has 122 valence electrons. The quantitative estimate of drug-likeness (QED) is 0.785. The summed E-state index contributed by atoms with van der Waals surface area (Å²) < 4.78 is 1.77. The van der Waals surface area contributed by atoms with Gasteiger partial charge in [0.15, 0.2) is 0 Å². The minimum absolute atomic E-state index is 0.0649. The summed E-state index contributed by atoms with van der Waals surface area (Å²) in [6, 6.07) is 9.24. The van der Waals surface area contributed by atoms with E-state index in [-0.39, 0.29) is 12.5 Å². The van der Waals surface area contributed by atoms with Gasteiger partial charge in [0.2, 0.25) is 5.91 Å². The molecule has 1 aromatic heterocycles. The largest absolute Gasteiger partial charge is 0.355 e. The molecule has 3 amide bonds. The number of nitrogens with one attached hydrogen (secondary N) is 3. The van der Waals surface area contributed by atoms with Gasteiger partial charge < -0.3 is 16.0 Å². The molecule has 0 aliphatic heterocycles. The maximum atomic E-state index is 11.9. The lowest BCUT2D eigenvalue weighted by molar-refractivity contribution is -0.119. The Morgan fingerprint density at radius 1 is 1.13 bits per heavy atom. The Balaban J connectivity index is 2.08. The van der Waals surface area contributed by atoms with E-state index in [4.69, 9.17) is 0 Å². The number of hydrogen-bond acceptors (Lipinski definition) is 3. The van der Waals surface area contributed by atoms with Crippen LogP contribution in [0.2, 0.25) is 0 Å². The summed E-state index contributed by atoms with van der Waals surface area (Å²) >= 11 is 0. The van der Waals surface area contributed by atoms with Gasteiger partial charge in [-0.3, -0.25) is 4.79 Å². The van der Waals surface area contributed by atoms with E-state index >= 15 is 0 Å². The molecule has 0 saturated heterocycles. The lowest BCUT2D eigenvalue weighted by Crippen LogP contribution is -2.38. The summed E-state index contributed by atoms with van der Waals surface area (Å²) in [5, 5.41) is 12.3. The fourth-order valence-corrected chi connectivity index (χ4v) is 2.22. The molecule has 0 spiro atoms. The van der Waals surface area contributed by atoms with Gasteiger partial charge in [-0.1, -0.05) is 18.2 Å². The highest BCUT2D eigenvalue weighted by Crippen LogP contribution is 2.22. The van der Waals surface area contributed by atoms with Gasteiger partial charge in [-0.15, -0.1) is 0 Å². The number of carbonyl (C=O) groups is 2. The number of aryl methyl sites for hydroxylation is 1. The Labute approximate surface area is 135 Å². The van der Waals surface area contributed by atoms with Gasteiger partial charge in [-0.25, -0.2) is 9.48 Å². The average Bonchev–Trinajstić information content (AvgIpc) is 2.82. The number of rotatable bonds is 5. The topological polar surface area (TPSA) is 88.1 Å². The van der Waals surface area contributed by atoms with Gasteiger partial charge >= 0.3 is 6.03 Å². The molecule has 1 heterocycles. The molecule has 23 heavy (non-hydrogen) atoms. The van der Waals surface area contributed by atoms with Crippen LogP contribution in [-0.4, -0.2) is 34.8 Å². The average molecular weight is 315 g/mol. The van der Waals surface area contributed by atoms with Crippen LogP contribution in [0.4, 0.5) is 10.5 Å². The number of amides is 3. The van der Waals surface area contributed by atoms with E-state index in [1.165, 1.54) is 0 Å². The lowest BCUT2D eigenvalue weighted by atomic mass is 10.3. The van der Waals surface area contributed by atoms with Crippen molar-refractivity contribution in [1.82, 2.24) is 20.4 Å². The Morgan fingerprint density at radius 2 is 1.83 bits per heavy atom. The van der Waals surface area contributed by atoms with Gasteiger partial charge in [-0.2, -0.15) is 5.10 Å². The van der Waals surface area contributed by atoms with E-state index in [0.717, 1.165) is 11.4 Å². The molecule has 0 bridgehead atoms. The number of para-hydroxylation sites is 1. The maximum Gasteiger partial charge on any atom is 0.319 e. The first kappa shape index (κ1) is 16.5. The van der Waals surface area contributed by atoms with Crippen molar-refractivity contribution >= 4 is 17.6 Å². The smallest absolute Gasteiger partial charge is 0.319 e. The number of hydrogen-bond donors (Lipinski definition) is 3. The molecule has 2 rings (SSSR count). The minimum Gasteiger partial charge on any atom is -0.355 e. The van der Waals surface area contributed by atoms with Crippen molar-refractivity contribution in [2.24, 2.45) is 0 Å². The number of likely N-dealkylation sites (N-methyl/N-ethyl adjacent to an activating group) is 1. The minimum atomic E-state index is -0.435. The van der Waals surface area contributed by atoms with Crippen molar-refractivity contribution in [3.8, 4) is 5.69 Å². The van der Waals surface area contributed by atoms with Gasteiger partial charge in [0.1, 0.15) is 0 Å². The van der Waals surface area contributed by atoms with Crippen molar-refractivity contribution in [2.75, 3.05) is 18.4 Å². The zero-order valence-electron chi connectivity index (χ0n) is 13.5. The first-order chi connectivity index (χ1) is 11.0. The highest BCUT2D eigenvalue weighted by Gasteiger charge is 2.15. The summed E-state index contributed by atoms with van der Waals surface area (Å²) in [7, 11) is 0. The standard InChI is InChI=1S/C16H21N5O2/c1-4-17-14(22)10-18-16(23)19-15-11(2)20-21(12(15)3)13-8-6-5-7-9-13/h5-9H,4,10H2,1-3H3,(H,17,22)(H2,18,19,23). The Bertz CT molecular complexity index is 694. The van der Waals surface area contributed by atoms with Crippen LogP contribution in [0.1, 0.15) is 18.3 Å². The fraction of sp³-hybridized carbons (Fsp3) is 0.312. The van der Waals surface area contributed by atoms with Gasteiger partial charge in [0, 0.05) is 6.54 Å². The molecular formula is C16H21N5O2. The van der Waals surface area contributed by atoms with Crippen molar-refractivity contribution in [1.29, 1.82) is 0 Å². The molecule has 0 fully saturated rings. The van der Waals surface area contributed by atoms with E-state index in [9.17, 15) is 9.59 Å². The molecule has 0 radical (unpaired) electrons. The summed E-state index contributed by atoms with van der Waals surface area (Å²) in [6.45, 7) is 6.00. The monoisotopic (exact) mass is 315 g/mol. The summed E-state index contributed by atoms with van der Waals surface area (Å²) in [4.78, 5) is 23.3. The van der Waals surface area contributed by atoms with Crippen molar-refractivity contribution in [2.45, 2.75) is 20.8 Å². The number of carbonyl (C=O) groups excluding carboxylic acids is 2. The van der Waals surface area contributed by atoms with E-state index in [2.05, 4.69) is 21.0 Å². The third kappa shape index (κ3) is 4.09. The van der Waals surface area contributed by atoms with Crippen molar-refractivity contribution in [3.63, 3.8) is 0 Å². The predicted molar refractivity (Wildman–Crippen MR) is 88.7 cm³/mol. The highest BCUT2D eigenvalue weighted by molar-refractivity contribution is 5.93. The predicted octanol–water partition coefficient (Wildman–Crippen LogP) is 1.75. The number of aromatic nitrogens is 2. The molecule has 1 aromatic carbocycles. The SMILES string of the molecule is CCNC(=O)CNC(=O)Nc1c(C)nn(-c2ccccc2)c1C. The molecule has 0 atom stereocenters. The van der Waals surface area contributed by atoms with E-state index < -0.39 is 6.03 Å². The number of urea groups is 1. The van der Waals surface area contributed by atoms with E-state index in [0.29, 0.717) is 17.9 Å². The number of nitrogens with zero attached hydrogens (tertiary/aromatic N) is 2. The second kappa shape index (κ2) is 7.44. The summed E-state index contributed by atoms with van der Waals surface area (Å²) in [5.41, 5.74) is 3.09. The zero-order chi connectivity index (χ0) is 16.8. The normalized spacial score (nSPS) is 10.2. The molecule has 0 saturated carbocycles. The summed E-state index contributed by atoms with van der Waals surface area (Å²) in [5.74, 6) is -0.226. The highest BCUT2D eigenvalue weighted by atomic mass is 16.2. The maximum absolute atomic E-state index is 11.9. The van der Waals surface area contributed by atoms with Crippen molar-refractivity contribution < 1.29 is 9.59 Å². The van der Waals surface area contributed by atoms with Crippen LogP contribution >= 0.6 is 0 Å². The Kier molecular flexibility index (Phi) is 5.35. The molecule has 7 nitrogen and oxygen atoms in total. The molecular weight excluding hydrogens is 294 g/mol. The van der Waals surface area contributed by atoms with Crippen LogP contribution in [0.5, 0.6) is 0 Å². The van der Waals surface area contributed by atoms with Crippen LogP contribution in [0.15, 0.2) is 30.3 Å². The number of benzene rings is 1. The third-order valence-electron chi connectivity index (χ3n) is 3.31. The Morgan fingerprint density at radius 3 is 2.48 bits per heavy atom. The molecule has 0 unspecified atom stereocenters. The lowest BCUT2D eigenvalue weighted by Gasteiger charge is -2.08. The third-order valence-corrected chi connectivity index (χ3v) is 3.31. The van der Waals surface area contributed by atoms with E-state index in [1.54, 1.807) is 4.68 Å². The molecule has 0 aliphatic carbocycles. The second-order valence-electron chi connectivity index (χ2n) is 5.05. The van der Waals surface area contributed by atoms with Crippen LogP contribution in [-0.2, 0) is 4.79 Å². The first-order valence-electron chi connectivity index (χ1n) is 7.46. The van der Waals surface area contributed by atoms with Crippen LogP contribution < -0.4 is 16.0 Å². The molecule has 2 aromatic rings. The van der Waals surface area contributed by atoms with Crippen LogP contribution in [0, 0.1) is 13.8 Å². The zero-order valence-corrected chi connectivity index (χ0v) is 13.5. The summed E-state index contributed by atoms with van der Waals surface area (Å²) in [6.07, 6.45) is 0. The Hall–Kier alpha value is -2.83. The molecule has 7 heteroatoms. The second-order valence-corrected chi connectivity index (χ2v) is 5.05. The van der Waals surface area contributed by atoms with Gasteiger partial charge in [0.05, 0.1) is 29.3 Å². The number of anilines is 1. The van der Waals surface area contributed by atoms with Crippen LogP contribution in [0.3, 0.4) is 0 Å². The van der Waals surface area contributed by atoms with Gasteiger partial charge in [-0.05, 0) is 32.9 Å². The molecule has 0 aliphatic rings. The van der Waals surface area contributed by atoms with Crippen LogP contribution in [0.25, 0.3) is 5.69 Å². The van der Waals surface area contributed by atoms with E-state index in [1.807, 2.05) is 51.1 Å². The van der Waals surface area contributed by atoms with Crippen molar-refractivity contribution in [3.05, 3.63) is 41.7 Å². The first-order valence-corrected chi connectivity index (χ1v) is 7.46. The molecule has 3 N–H and O–H groups in total. The fourth-order valence-electron chi connectivity index (χ4n) is 2.22.